The van der Waals surface area contributed by atoms with E-state index in [4.69, 9.17) is 23.2 Å². The number of hydrogen-bond acceptors (Lipinski definition) is 4. The summed E-state index contributed by atoms with van der Waals surface area (Å²) < 4.78 is 30.0. The Bertz CT molecular complexity index is 1690. The first kappa shape index (κ1) is 32.5. The normalized spacial score (nSPS) is 11.9. The lowest BCUT2D eigenvalue weighted by Gasteiger charge is -2.33. The molecule has 0 saturated carbocycles. The molecule has 0 radical (unpaired) electrons. The van der Waals surface area contributed by atoms with E-state index in [0.717, 1.165) is 25.5 Å². The number of nitrogens with zero attached hydrogens (tertiary/aromatic N) is 2. The van der Waals surface area contributed by atoms with Gasteiger partial charge < -0.3 is 10.2 Å². The molecule has 0 heterocycles. The summed E-state index contributed by atoms with van der Waals surface area (Å²) in [6.45, 7) is 1.27. The van der Waals surface area contributed by atoms with Gasteiger partial charge in [-0.1, -0.05) is 99.3 Å². The molecule has 0 aliphatic heterocycles. The summed E-state index contributed by atoms with van der Waals surface area (Å²) in [5.41, 5.74) is 2.52. The molecule has 0 aromatic heterocycles. The summed E-state index contributed by atoms with van der Waals surface area (Å²) in [6.07, 6.45) is 0.214. The van der Waals surface area contributed by atoms with Crippen LogP contribution >= 0.6 is 39.1 Å². The highest BCUT2D eigenvalue weighted by Gasteiger charge is 2.35. The molecule has 4 rings (SSSR count). The van der Waals surface area contributed by atoms with Gasteiger partial charge in [-0.2, -0.15) is 0 Å². The molecule has 0 aliphatic carbocycles. The summed E-state index contributed by atoms with van der Waals surface area (Å²) >= 11 is 16.2. The smallest absolute Gasteiger partial charge is 0.264 e. The maximum Gasteiger partial charge on any atom is 0.264 e. The Morgan fingerprint density at radius 3 is 2.16 bits per heavy atom. The predicted octanol–water partition coefficient (Wildman–Crippen LogP) is 6.65. The van der Waals surface area contributed by atoms with Gasteiger partial charge in [0.2, 0.25) is 11.8 Å². The minimum atomic E-state index is -4.29. The lowest BCUT2D eigenvalue weighted by atomic mass is 10.0. The fourth-order valence-electron chi connectivity index (χ4n) is 4.53. The summed E-state index contributed by atoms with van der Waals surface area (Å²) in [5.74, 6) is -0.984. The second kappa shape index (κ2) is 14.4. The Balaban J connectivity index is 1.81. The number of rotatable bonds is 11. The van der Waals surface area contributed by atoms with Crippen molar-refractivity contribution in [3.63, 3.8) is 0 Å². The highest BCUT2D eigenvalue weighted by atomic mass is 79.9. The number of nitrogens with one attached hydrogen (secondary N) is 1. The average Bonchev–Trinajstić information content (AvgIpc) is 3.00. The standard InChI is InChI=1S/C32H30BrCl2N3O4S/c1-22-8-15-27(16-9-22)43(41,42)38(29-19-26(34)14-17-28(29)35)21-31(39)37(20-24-10-12-25(33)13-11-24)30(32(40)36-2)18-23-6-4-3-5-7-23/h3-17,19,30H,18,20-21H2,1-2H3,(H,36,40). The van der Waals surface area contributed by atoms with Crippen LogP contribution < -0.4 is 9.62 Å². The van der Waals surface area contributed by atoms with Crippen LogP contribution in [0.5, 0.6) is 0 Å². The molecule has 1 atom stereocenters. The fraction of sp³-hybridized carbons (Fsp3) is 0.188. The zero-order valence-electron chi connectivity index (χ0n) is 23.5. The maximum atomic E-state index is 14.3. The molecule has 4 aromatic rings. The van der Waals surface area contributed by atoms with Gasteiger partial charge in [-0.3, -0.25) is 13.9 Å². The first-order valence-corrected chi connectivity index (χ1v) is 16.3. The third-order valence-corrected chi connectivity index (χ3v) is 9.71. The van der Waals surface area contributed by atoms with Crippen molar-refractivity contribution in [2.75, 3.05) is 17.9 Å². The first-order valence-electron chi connectivity index (χ1n) is 13.3. The monoisotopic (exact) mass is 701 g/mol. The van der Waals surface area contributed by atoms with Gasteiger partial charge >= 0.3 is 0 Å². The average molecular weight is 703 g/mol. The number of amides is 2. The van der Waals surface area contributed by atoms with Gasteiger partial charge in [-0.05, 0) is 60.5 Å². The van der Waals surface area contributed by atoms with Crippen LogP contribution in [0.2, 0.25) is 10.0 Å². The number of sulfonamides is 1. The number of hydrogen-bond donors (Lipinski definition) is 1. The van der Waals surface area contributed by atoms with Crippen LogP contribution in [0.3, 0.4) is 0 Å². The molecule has 0 aliphatic rings. The Morgan fingerprint density at radius 2 is 1.53 bits per heavy atom. The van der Waals surface area contributed by atoms with Crippen LogP contribution in [0.1, 0.15) is 16.7 Å². The number of likely N-dealkylation sites (N-methyl/N-ethyl adjacent to an activating group) is 1. The van der Waals surface area contributed by atoms with E-state index in [1.165, 1.54) is 42.3 Å². The van der Waals surface area contributed by atoms with Gasteiger partial charge in [0.1, 0.15) is 12.6 Å². The number of carbonyl (C=O) groups is 2. The minimum Gasteiger partial charge on any atom is -0.357 e. The molecular weight excluding hydrogens is 673 g/mol. The van der Waals surface area contributed by atoms with E-state index in [-0.39, 0.29) is 39.5 Å². The lowest BCUT2D eigenvalue weighted by Crippen LogP contribution is -2.53. The van der Waals surface area contributed by atoms with Crippen LogP contribution in [0, 0.1) is 6.92 Å². The van der Waals surface area contributed by atoms with E-state index in [9.17, 15) is 18.0 Å². The van der Waals surface area contributed by atoms with E-state index in [0.29, 0.717) is 0 Å². The van der Waals surface area contributed by atoms with Gasteiger partial charge in [-0.25, -0.2) is 8.42 Å². The van der Waals surface area contributed by atoms with E-state index in [1.807, 2.05) is 61.5 Å². The number of benzene rings is 4. The predicted molar refractivity (Wildman–Crippen MR) is 175 cm³/mol. The van der Waals surface area contributed by atoms with Crippen molar-refractivity contribution < 1.29 is 18.0 Å². The van der Waals surface area contributed by atoms with Crippen LogP contribution in [-0.2, 0) is 32.6 Å². The van der Waals surface area contributed by atoms with Crippen LogP contribution in [0.15, 0.2) is 106 Å². The topological polar surface area (TPSA) is 86.8 Å². The Labute approximate surface area is 270 Å². The van der Waals surface area contributed by atoms with Crippen molar-refractivity contribution in [3.05, 3.63) is 128 Å². The van der Waals surface area contributed by atoms with Crippen molar-refractivity contribution in [1.29, 1.82) is 0 Å². The van der Waals surface area contributed by atoms with Gasteiger partial charge in [0.25, 0.3) is 10.0 Å². The SMILES string of the molecule is CNC(=O)C(Cc1ccccc1)N(Cc1ccc(Br)cc1)C(=O)CN(c1cc(Cl)ccc1Cl)S(=O)(=O)c1ccc(C)cc1. The Hall–Kier alpha value is -3.37. The van der Waals surface area contributed by atoms with Gasteiger partial charge in [0.15, 0.2) is 0 Å². The molecule has 0 saturated heterocycles. The summed E-state index contributed by atoms with van der Waals surface area (Å²) in [7, 11) is -2.79. The Kier molecular flexibility index (Phi) is 10.9. The minimum absolute atomic E-state index is 0.0199. The molecule has 0 spiro atoms. The van der Waals surface area contributed by atoms with Crippen LogP contribution in [0.4, 0.5) is 5.69 Å². The first-order chi connectivity index (χ1) is 20.5. The third-order valence-electron chi connectivity index (χ3n) is 6.85. The molecule has 11 heteroatoms. The molecule has 0 fully saturated rings. The molecule has 224 valence electrons. The zero-order valence-corrected chi connectivity index (χ0v) is 27.4. The molecule has 0 bridgehead atoms. The van der Waals surface area contributed by atoms with E-state index in [2.05, 4.69) is 21.2 Å². The molecular formula is C32H30BrCl2N3O4S. The maximum absolute atomic E-state index is 14.3. The highest BCUT2D eigenvalue weighted by Crippen LogP contribution is 2.33. The number of halogens is 3. The van der Waals surface area contributed by atoms with Crippen molar-refractivity contribution in [2.24, 2.45) is 0 Å². The molecule has 7 nitrogen and oxygen atoms in total. The van der Waals surface area contributed by atoms with Crippen molar-refractivity contribution in [1.82, 2.24) is 10.2 Å². The van der Waals surface area contributed by atoms with E-state index < -0.39 is 28.5 Å². The number of carbonyl (C=O) groups excluding carboxylic acids is 2. The second-order valence-corrected chi connectivity index (χ2v) is 13.5. The van der Waals surface area contributed by atoms with Gasteiger partial charge in [0, 0.05) is 29.5 Å². The molecule has 1 N–H and O–H groups in total. The lowest BCUT2D eigenvalue weighted by molar-refractivity contribution is -0.139. The molecule has 2 amide bonds. The molecule has 43 heavy (non-hydrogen) atoms. The summed E-state index contributed by atoms with van der Waals surface area (Å²) in [4.78, 5) is 29.0. The van der Waals surface area contributed by atoms with Gasteiger partial charge in [0.05, 0.1) is 15.6 Å². The zero-order chi connectivity index (χ0) is 31.1. The molecule has 1 unspecified atom stereocenters. The summed E-state index contributed by atoms with van der Waals surface area (Å²) in [5, 5.41) is 3.01. The highest BCUT2D eigenvalue weighted by molar-refractivity contribution is 9.10. The number of anilines is 1. The molecule has 4 aromatic carbocycles. The van der Waals surface area contributed by atoms with Crippen LogP contribution in [0.25, 0.3) is 0 Å². The largest absolute Gasteiger partial charge is 0.357 e. The van der Waals surface area contributed by atoms with Gasteiger partial charge in [-0.15, -0.1) is 0 Å². The second-order valence-electron chi connectivity index (χ2n) is 9.89. The van der Waals surface area contributed by atoms with Crippen molar-refractivity contribution in [3.8, 4) is 0 Å². The third kappa shape index (κ3) is 8.17. The van der Waals surface area contributed by atoms with E-state index >= 15 is 0 Å². The van der Waals surface area contributed by atoms with Crippen LogP contribution in [-0.4, -0.2) is 44.8 Å². The number of aryl methyl sites for hydroxylation is 1. The quantitative estimate of drug-likeness (QED) is 0.190. The van der Waals surface area contributed by atoms with E-state index in [1.54, 1.807) is 12.1 Å². The fourth-order valence-corrected chi connectivity index (χ4v) is 6.66. The summed E-state index contributed by atoms with van der Waals surface area (Å²) in [6, 6.07) is 26.4. The Morgan fingerprint density at radius 1 is 0.884 bits per heavy atom. The van der Waals surface area contributed by atoms with Crippen molar-refractivity contribution >= 4 is 66.7 Å². The van der Waals surface area contributed by atoms with Crippen molar-refractivity contribution in [2.45, 2.75) is 30.8 Å².